The van der Waals surface area contributed by atoms with Gasteiger partial charge in [-0.25, -0.2) is 0 Å². The standard InChI is InChI=1S/C18H27N5O2/c1-2-4-15(5-3-1)6-9-19-17-21-16(14-20-22-17)23-10-7-18(8-11-23)24-12-13-25-18/h4,14H,1-3,5-13H2,(H,19,21,22). The van der Waals surface area contributed by atoms with Gasteiger partial charge >= 0.3 is 0 Å². The molecule has 7 heteroatoms. The third-order valence-corrected chi connectivity index (χ3v) is 5.32. The number of nitrogens with zero attached hydrogens (tertiary/aromatic N) is 4. The lowest BCUT2D eigenvalue weighted by Gasteiger charge is -2.37. The van der Waals surface area contributed by atoms with Gasteiger partial charge < -0.3 is 19.7 Å². The summed E-state index contributed by atoms with van der Waals surface area (Å²) >= 11 is 0. The lowest BCUT2D eigenvalue weighted by Crippen LogP contribution is -2.45. The van der Waals surface area contributed by atoms with E-state index in [4.69, 9.17) is 9.47 Å². The second kappa shape index (κ2) is 7.66. The molecule has 2 aliphatic heterocycles. The molecule has 25 heavy (non-hydrogen) atoms. The summed E-state index contributed by atoms with van der Waals surface area (Å²) in [7, 11) is 0. The summed E-state index contributed by atoms with van der Waals surface area (Å²) in [6.07, 6.45) is 12.0. The van der Waals surface area contributed by atoms with Gasteiger partial charge in [-0.2, -0.15) is 10.1 Å². The Morgan fingerprint density at radius 1 is 1.16 bits per heavy atom. The number of hydrogen-bond acceptors (Lipinski definition) is 7. The number of allylic oxidation sites excluding steroid dienone is 1. The second-order valence-corrected chi connectivity index (χ2v) is 7.02. The molecule has 1 spiro atoms. The van der Waals surface area contributed by atoms with Gasteiger partial charge in [-0.3, -0.25) is 0 Å². The van der Waals surface area contributed by atoms with Crippen molar-refractivity contribution >= 4 is 11.8 Å². The molecule has 2 saturated heterocycles. The highest BCUT2D eigenvalue weighted by Crippen LogP contribution is 2.32. The predicted molar refractivity (Wildman–Crippen MR) is 95.6 cm³/mol. The van der Waals surface area contributed by atoms with E-state index in [0.717, 1.165) is 44.7 Å². The van der Waals surface area contributed by atoms with Crippen LogP contribution in [0.1, 0.15) is 44.9 Å². The highest BCUT2D eigenvalue weighted by Gasteiger charge is 2.40. The lowest BCUT2D eigenvalue weighted by molar-refractivity contribution is -0.169. The van der Waals surface area contributed by atoms with Crippen molar-refractivity contribution in [1.82, 2.24) is 15.2 Å². The number of piperidine rings is 1. The zero-order valence-electron chi connectivity index (χ0n) is 14.7. The van der Waals surface area contributed by atoms with E-state index in [1.54, 1.807) is 11.8 Å². The topological polar surface area (TPSA) is 72.4 Å². The van der Waals surface area contributed by atoms with Crippen molar-refractivity contribution in [2.24, 2.45) is 0 Å². The molecule has 1 aromatic heterocycles. The fraction of sp³-hybridized carbons (Fsp3) is 0.722. The average Bonchev–Trinajstić information content (AvgIpc) is 3.12. The van der Waals surface area contributed by atoms with Crippen molar-refractivity contribution in [3.05, 3.63) is 17.8 Å². The van der Waals surface area contributed by atoms with E-state index < -0.39 is 0 Å². The van der Waals surface area contributed by atoms with Crippen LogP contribution in [-0.2, 0) is 9.47 Å². The highest BCUT2D eigenvalue weighted by atomic mass is 16.7. The number of rotatable bonds is 5. The summed E-state index contributed by atoms with van der Waals surface area (Å²) in [5, 5.41) is 11.6. The van der Waals surface area contributed by atoms with Crippen LogP contribution >= 0.6 is 0 Å². The Morgan fingerprint density at radius 2 is 2.00 bits per heavy atom. The molecule has 3 aliphatic rings. The summed E-state index contributed by atoms with van der Waals surface area (Å²) in [4.78, 5) is 6.87. The van der Waals surface area contributed by atoms with Gasteiger partial charge in [0.2, 0.25) is 5.95 Å². The van der Waals surface area contributed by atoms with Gasteiger partial charge in [-0.15, -0.1) is 5.10 Å². The molecule has 1 aromatic rings. The fourth-order valence-corrected chi connectivity index (χ4v) is 3.85. The van der Waals surface area contributed by atoms with Gasteiger partial charge in [0.15, 0.2) is 11.6 Å². The molecule has 3 heterocycles. The van der Waals surface area contributed by atoms with Crippen LogP contribution in [-0.4, -0.2) is 53.8 Å². The molecular formula is C18H27N5O2. The molecule has 7 nitrogen and oxygen atoms in total. The zero-order chi connectivity index (χ0) is 17.0. The van der Waals surface area contributed by atoms with Gasteiger partial charge in [0.05, 0.1) is 19.4 Å². The zero-order valence-corrected chi connectivity index (χ0v) is 14.7. The first kappa shape index (κ1) is 16.7. The van der Waals surface area contributed by atoms with Gasteiger partial charge in [0.25, 0.3) is 0 Å². The molecule has 0 aromatic carbocycles. The highest BCUT2D eigenvalue weighted by molar-refractivity contribution is 5.40. The van der Waals surface area contributed by atoms with E-state index >= 15 is 0 Å². The molecule has 4 rings (SSSR count). The van der Waals surface area contributed by atoms with Crippen LogP contribution < -0.4 is 10.2 Å². The van der Waals surface area contributed by atoms with E-state index in [1.165, 1.54) is 25.7 Å². The van der Waals surface area contributed by atoms with Crippen molar-refractivity contribution in [1.29, 1.82) is 0 Å². The van der Waals surface area contributed by atoms with Crippen molar-refractivity contribution in [3.63, 3.8) is 0 Å². The normalized spacial score (nSPS) is 22.9. The Bertz CT molecular complexity index is 605. The monoisotopic (exact) mass is 345 g/mol. The Kier molecular flexibility index (Phi) is 5.12. The van der Waals surface area contributed by atoms with E-state index in [2.05, 4.69) is 31.5 Å². The van der Waals surface area contributed by atoms with Crippen LogP contribution in [0.3, 0.4) is 0 Å². The van der Waals surface area contributed by atoms with Crippen LogP contribution in [0, 0.1) is 0 Å². The summed E-state index contributed by atoms with van der Waals surface area (Å²) in [6.45, 7) is 4.01. The first-order valence-electron chi connectivity index (χ1n) is 9.47. The van der Waals surface area contributed by atoms with Crippen LogP contribution in [0.4, 0.5) is 11.8 Å². The van der Waals surface area contributed by atoms with Gasteiger partial charge in [-0.05, 0) is 32.1 Å². The Balaban J connectivity index is 1.30. The Labute approximate surface area is 148 Å². The molecule has 0 atom stereocenters. The first-order valence-corrected chi connectivity index (χ1v) is 9.47. The van der Waals surface area contributed by atoms with Crippen molar-refractivity contribution in [2.75, 3.05) is 43.1 Å². The molecule has 1 N–H and O–H groups in total. The van der Waals surface area contributed by atoms with E-state index in [1.807, 2.05) is 0 Å². The lowest BCUT2D eigenvalue weighted by atomic mass is 9.97. The molecule has 136 valence electrons. The maximum absolute atomic E-state index is 5.79. The number of aromatic nitrogens is 3. The second-order valence-electron chi connectivity index (χ2n) is 7.02. The minimum atomic E-state index is -0.355. The maximum Gasteiger partial charge on any atom is 0.244 e. The van der Waals surface area contributed by atoms with Gasteiger partial charge in [0.1, 0.15) is 0 Å². The van der Waals surface area contributed by atoms with Crippen LogP contribution in [0.2, 0.25) is 0 Å². The predicted octanol–water partition coefficient (Wildman–Crippen LogP) is 2.52. The molecular weight excluding hydrogens is 318 g/mol. The van der Waals surface area contributed by atoms with Crippen LogP contribution in [0.25, 0.3) is 0 Å². The fourth-order valence-electron chi connectivity index (χ4n) is 3.85. The number of anilines is 2. The van der Waals surface area contributed by atoms with Gasteiger partial charge in [-0.1, -0.05) is 11.6 Å². The van der Waals surface area contributed by atoms with Crippen molar-refractivity contribution in [2.45, 2.75) is 50.7 Å². The number of nitrogens with one attached hydrogen (secondary N) is 1. The van der Waals surface area contributed by atoms with E-state index in [-0.39, 0.29) is 5.79 Å². The SMILES string of the molecule is C1=C(CCNc2nncc(N3CCC4(CC3)OCCO4)n2)CCCC1. The van der Waals surface area contributed by atoms with Crippen molar-refractivity contribution in [3.8, 4) is 0 Å². The molecule has 2 fully saturated rings. The average molecular weight is 345 g/mol. The molecule has 1 aliphatic carbocycles. The molecule has 0 amide bonds. The molecule has 0 saturated carbocycles. The maximum atomic E-state index is 5.79. The minimum Gasteiger partial charge on any atom is -0.355 e. The van der Waals surface area contributed by atoms with E-state index in [0.29, 0.717) is 19.2 Å². The summed E-state index contributed by atoms with van der Waals surface area (Å²) < 4.78 is 11.6. The van der Waals surface area contributed by atoms with Crippen LogP contribution in [0.15, 0.2) is 17.8 Å². The number of ether oxygens (including phenoxy) is 2. The minimum absolute atomic E-state index is 0.355. The van der Waals surface area contributed by atoms with Crippen molar-refractivity contribution < 1.29 is 9.47 Å². The largest absolute Gasteiger partial charge is 0.355 e. The molecule has 0 unspecified atom stereocenters. The van der Waals surface area contributed by atoms with Gasteiger partial charge in [0, 0.05) is 32.5 Å². The number of hydrogen-bond donors (Lipinski definition) is 1. The molecule has 0 radical (unpaired) electrons. The Hall–Kier alpha value is -1.73. The third-order valence-electron chi connectivity index (χ3n) is 5.32. The summed E-state index contributed by atoms with van der Waals surface area (Å²) in [5.74, 6) is 1.14. The molecule has 0 bridgehead atoms. The quantitative estimate of drug-likeness (QED) is 0.822. The van der Waals surface area contributed by atoms with E-state index in [9.17, 15) is 0 Å². The summed E-state index contributed by atoms with van der Waals surface area (Å²) in [6, 6.07) is 0. The van der Waals surface area contributed by atoms with Crippen LogP contribution in [0.5, 0.6) is 0 Å². The smallest absolute Gasteiger partial charge is 0.244 e. The Morgan fingerprint density at radius 3 is 2.76 bits per heavy atom. The summed E-state index contributed by atoms with van der Waals surface area (Å²) in [5.41, 5.74) is 1.56. The third kappa shape index (κ3) is 4.10. The first-order chi connectivity index (χ1) is 12.3.